The van der Waals surface area contributed by atoms with Crippen LogP contribution in [0.2, 0.25) is 0 Å². The maximum atomic E-state index is 13.0. The van der Waals surface area contributed by atoms with Crippen LogP contribution in [-0.4, -0.2) is 50.1 Å². The molecule has 0 radical (unpaired) electrons. The first-order valence-electron chi connectivity index (χ1n) is 10.8. The molecule has 178 valence electrons. The number of aromatic nitrogens is 4. The van der Waals surface area contributed by atoms with Crippen molar-refractivity contribution in [2.24, 2.45) is 0 Å². The molecule has 11 heteroatoms. The smallest absolute Gasteiger partial charge is 0.356 e. The van der Waals surface area contributed by atoms with Gasteiger partial charge in [0, 0.05) is 5.56 Å². The maximum Gasteiger partial charge on any atom is 0.356 e. The molecule has 0 aliphatic heterocycles. The largest absolute Gasteiger partial charge is 0.364 e. The number of nitrogens with zero attached hydrogens (tertiary/aromatic N) is 4. The Hall–Kier alpha value is -2.65. The SMILES string of the molecule is CC(C)OP(=O)(CO[C@H](C)Cn1cnc2c(NC(=O)c3ccccc3)ncnc21)OC(C)C. The van der Waals surface area contributed by atoms with E-state index < -0.39 is 7.60 Å². The molecule has 1 aromatic carbocycles. The van der Waals surface area contributed by atoms with Crippen LogP contribution in [0.25, 0.3) is 11.2 Å². The Morgan fingerprint density at radius 1 is 1.03 bits per heavy atom. The lowest BCUT2D eigenvalue weighted by Crippen LogP contribution is -2.19. The van der Waals surface area contributed by atoms with Crippen molar-refractivity contribution in [3.05, 3.63) is 48.5 Å². The van der Waals surface area contributed by atoms with Gasteiger partial charge in [-0.3, -0.25) is 9.36 Å². The van der Waals surface area contributed by atoms with Gasteiger partial charge in [0.25, 0.3) is 5.91 Å². The van der Waals surface area contributed by atoms with Crippen LogP contribution in [0.4, 0.5) is 5.82 Å². The van der Waals surface area contributed by atoms with Crippen LogP contribution in [0.1, 0.15) is 45.0 Å². The zero-order valence-corrected chi connectivity index (χ0v) is 20.4. The Kier molecular flexibility index (Phi) is 8.31. The van der Waals surface area contributed by atoms with Crippen molar-refractivity contribution in [1.82, 2.24) is 19.5 Å². The number of imidazole rings is 1. The fourth-order valence-electron chi connectivity index (χ4n) is 3.15. The van der Waals surface area contributed by atoms with E-state index in [9.17, 15) is 9.36 Å². The third-order valence-electron chi connectivity index (χ3n) is 4.38. The highest BCUT2D eigenvalue weighted by molar-refractivity contribution is 7.53. The summed E-state index contributed by atoms with van der Waals surface area (Å²) >= 11 is 0. The molecule has 0 fully saturated rings. The fourth-order valence-corrected chi connectivity index (χ4v) is 5.04. The van der Waals surface area contributed by atoms with Gasteiger partial charge in [0.15, 0.2) is 17.0 Å². The van der Waals surface area contributed by atoms with Crippen LogP contribution in [-0.2, 0) is 24.9 Å². The molecule has 10 nitrogen and oxygen atoms in total. The Balaban J connectivity index is 1.69. The van der Waals surface area contributed by atoms with Gasteiger partial charge in [-0.15, -0.1) is 0 Å². The summed E-state index contributed by atoms with van der Waals surface area (Å²) in [6, 6.07) is 8.86. The molecule has 33 heavy (non-hydrogen) atoms. The Morgan fingerprint density at radius 2 is 1.70 bits per heavy atom. The summed E-state index contributed by atoms with van der Waals surface area (Å²) in [6.45, 7) is 9.43. The lowest BCUT2D eigenvalue weighted by atomic mass is 10.2. The second kappa shape index (κ2) is 11.0. The van der Waals surface area contributed by atoms with Crippen molar-refractivity contribution in [2.75, 3.05) is 11.7 Å². The highest BCUT2D eigenvalue weighted by Crippen LogP contribution is 2.50. The topological polar surface area (TPSA) is 117 Å². The monoisotopic (exact) mass is 475 g/mol. The molecule has 3 aromatic rings. The predicted octanol–water partition coefficient (Wildman–Crippen LogP) is 4.48. The van der Waals surface area contributed by atoms with Gasteiger partial charge in [-0.25, -0.2) is 15.0 Å². The molecule has 1 amide bonds. The average Bonchev–Trinajstić information content (AvgIpc) is 3.15. The van der Waals surface area contributed by atoms with E-state index in [1.807, 2.05) is 13.0 Å². The minimum atomic E-state index is -3.40. The third-order valence-corrected chi connectivity index (χ3v) is 6.33. The standard InChI is InChI=1S/C22H30N5O5P/c1-15(2)31-33(29,32-16(3)4)14-30-17(5)11-27-13-25-19-20(23-12-24-21(19)27)26-22(28)18-9-7-6-8-10-18/h6-10,12-13,15-17H,11,14H2,1-5H3,(H,23,24,26,28)/t17-/m1/s1. The molecular weight excluding hydrogens is 445 g/mol. The summed E-state index contributed by atoms with van der Waals surface area (Å²) in [5.41, 5.74) is 1.53. The molecule has 1 atom stereocenters. The van der Waals surface area contributed by atoms with E-state index in [1.165, 1.54) is 6.33 Å². The number of carbonyl (C=O) groups excluding carboxylic acids is 1. The van der Waals surface area contributed by atoms with Gasteiger partial charge in [-0.2, -0.15) is 0 Å². The highest BCUT2D eigenvalue weighted by atomic mass is 31.2. The summed E-state index contributed by atoms with van der Waals surface area (Å²) in [4.78, 5) is 25.3. The van der Waals surface area contributed by atoms with Gasteiger partial charge >= 0.3 is 7.60 Å². The molecule has 0 unspecified atom stereocenters. The summed E-state index contributed by atoms with van der Waals surface area (Å²) in [5.74, 6) is 0.0363. The quantitative estimate of drug-likeness (QED) is 0.403. The first kappa shape index (κ1) is 25.0. The van der Waals surface area contributed by atoms with Crippen molar-refractivity contribution in [2.45, 2.75) is 59.5 Å². The van der Waals surface area contributed by atoms with Gasteiger partial charge in [-0.1, -0.05) is 18.2 Å². The number of fused-ring (bicyclic) bond motifs is 1. The lowest BCUT2D eigenvalue weighted by molar-refractivity contribution is 0.0549. The van der Waals surface area contributed by atoms with E-state index >= 15 is 0 Å². The first-order chi connectivity index (χ1) is 15.7. The first-order valence-corrected chi connectivity index (χ1v) is 12.5. The van der Waals surface area contributed by atoms with E-state index in [0.717, 1.165) is 0 Å². The van der Waals surface area contributed by atoms with E-state index in [0.29, 0.717) is 29.1 Å². The summed E-state index contributed by atoms with van der Waals surface area (Å²) in [5, 5.41) is 2.78. The average molecular weight is 475 g/mol. The molecule has 0 saturated carbocycles. The van der Waals surface area contributed by atoms with Gasteiger partial charge in [0.2, 0.25) is 0 Å². The second-order valence-corrected chi connectivity index (χ2v) is 10.0. The number of anilines is 1. The Bertz CT molecular complexity index is 1100. The van der Waals surface area contributed by atoms with Crippen molar-refractivity contribution in [3.63, 3.8) is 0 Å². The van der Waals surface area contributed by atoms with Gasteiger partial charge in [0.05, 0.1) is 31.2 Å². The van der Waals surface area contributed by atoms with Crippen molar-refractivity contribution >= 4 is 30.5 Å². The molecule has 2 aromatic heterocycles. The molecule has 0 aliphatic carbocycles. The third kappa shape index (κ3) is 6.91. The Labute approximate surface area is 193 Å². The number of hydrogen-bond acceptors (Lipinski definition) is 8. The fraction of sp³-hybridized carbons (Fsp3) is 0.455. The van der Waals surface area contributed by atoms with Gasteiger partial charge in [0.1, 0.15) is 12.7 Å². The van der Waals surface area contributed by atoms with Crippen LogP contribution in [0.3, 0.4) is 0 Å². The van der Waals surface area contributed by atoms with Crippen LogP contribution in [0.5, 0.6) is 0 Å². The highest BCUT2D eigenvalue weighted by Gasteiger charge is 2.29. The zero-order valence-electron chi connectivity index (χ0n) is 19.5. The van der Waals surface area contributed by atoms with Crippen LogP contribution < -0.4 is 5.32 Å². The van der Waals surface area contributed by atoms with Gasteiger partial charge in [-0.05, 0) is 46.8 Å². The lowest BCUT2D eigenvalue weighted by Gasteiger charge is -2.24. The van der Waals surface area contributed by atoms with Crippen molar-refractivity contribution < 1.29 is 23.1 Å². The van der Waals surface area contributed by atoms with E-state index in [-0.39, 0.29) is 30.6 Å². The van der Waals surface area contributed by atoms with E-state index in [1.54, 1.807) is 62.9 Å². The molecule has 1 N–H and O–H groups in total. The summed E-state index contributed by atoms with van der Waals surface area (Å²) in [6.07, 6.45) is 1.96. The second-order valence-electron chi connectivity index (χ2n) is 8.14. The molecule has 0 bridgehead atoms. The van der Waals surface area contributed by atoms with Crippen molar-refractivity contribution in [1.29, 1.82) is 0 Å². The molecular formula is C22H30N5O5P. The number of rotatable bonds is 11. The summed E-state index contributed by atoms with van der Waals surface area (Å²) < 4.78 is 31.6. The van der Waals surface area contributed by atoms with Crippen LogP contribution in [0, 0.1) is 0 Å². The molecule has 0 saturated heterocycles. The number of benzene rings is 1. The number of nitrogens with one attached hydrogen (secondary N) is 1. The van der Waals surface area contributed by atoms with Gasteiger partial charge < -0.3 is 23.7 Å². The number of hydrogen-bond donors (Lipinski definition) is 1. The molecule has 2 heterocycles. The number of ether oxygens (including phenoxy) is 1. The number of amides is 1. The minimum absolute atomic E-state index is 0.162. The maximum absolute atomic E-state index is 13.0. The van der Waals surface area contributed by atoms with Crippen LogP contribution >= 0.6 is 7.60 Å². The predicted molar refractivity (Wildman–Crippen MR) is 125 cm³/mol. The molecule has 3 rings (SSSR count). The summed E-state index contributed by atoms with van der Waals surface area (Å²) in [7, 11) is -3.40. The number of carbonyl (C=O) groups is 1. The zero-order chi connectivity index (χ0) is 24.0. The van der Waals surface area contributed by atoms with Crippen molar-refractivity contribution in [3.8, 4) is 0 Å². The van der Waals surface area contributed by atoms with E-state index in [4.69, 9.17) is 13.8 Å². The van der Waals surface area contributed by atoms with Crippen LogP contribution in [0.15, 0.2) is 43.0 Å². The minimum Gasteiger partial charge on any atom is -0.364 e. The normalized spacial score (nSPS) is 13.1. The molecule has 0 aliphatic rings. The molecule has 0 spiro atoms. The Morgan fingerprint density at radius 3 is 2.33 bits per heavy atom. The van der Waals surface area contributed by atoms with E-state index in [2.05, 4.69) is 20.3 Å².